The van der Waals surface area contributed by atoms with Crippen molar-refractivity contribution in [2.75, 3.05) is 25.1 Å². The minimum Gasteiger partial charge on any atom is -0.497 e. The van der Waals surface area contributed by atoms with Crippen molar-refractivity contribution in [2.24, 2.45) is 5.73 Å². The minimum absolute atomic E-state index is 0.209. The fraction of sp³-hybridized carbons (Fsp3) is 0.385. The van der Waals surface area contributed by atoms with Gasteiger partial charge in [0.15, 0.2) is 5.82 Å². The summed E-state index contributed by atoms with van der Waals surface area (Å²) in [5.74, 6) is 2.19. The van der Waals surface area contributed by atoms with Crippen LogP contribution in [0.2, 0.25) is 0 Å². The molecule has 0 bridgehead atoms. The Bertz CT molecular complexity index is 615. The zero-order chi connectivity index (χ0) is 14.1. The number of methoxy groups -OCH3 is 1. The second-order valence-electron chi connectivity index (χ2n) is 4.82. The molecule has 6 nitrogen and oxygen atoms in total. The van der Waals surface area contributed by atoms with E-state index in [1.54, 1.807) is 7.11 Å². The lowest BCUT2D eigenvalue weighted by atomic mass is 10.2. The number of halogens is 1. The molecule has 1 aromatic carbocycles. The Kier molecular flexibility index (Phi) is 3.62. The number of anilines is 1. The number of rotatable bonds is 3. The van der Waals surface area contributed by atoms with Crippen LogP contribution in [-0.2, 0) is 0 Å². The zero-order valence-corrected chi connectivity index (χ0v) is 12.7. The van der Waals surface area contributed by atoms with Gasteiger partial charge in [-0.2, -0.15) is 4.98 Å². The molecule has 0 saturated carbocycles. The molecule has 0 radical (unpaired) electrons. The van der Waals surface area contributed by atoms with Gasteiger partial charge in [-0.3, -0.25) is 5.10 Å². The summed E-state index contributed by atoms with van der Waals surface area (Å²) in [6.45, 7) is 1.70. The summed E-state index contributed by atoms with van der Waals surface area (Å²) in [6.07, 6.45) is 0.979. The quantitative estimate of drug-likeness (QED) is 0.892. The second-order valence-corrected chi connectivity index (χ2v) is 5.68. The van der Waals surface area contributed by atoms with Crippen molar-refractivity contribution < 1.29 is 4.74 Å². The van der Waals surface area contributed by atoms with Gasteiger partial charge in [-0.05, 0) is 24.6 Å². The van der Waals surface area contributed by atoms with E-state index in [0.29, 0.717) is 11.8 Å². The van der Waals surface area contributed by atoms with Crippen LogP contribution in [-0.4, -0.2) is 41.4 Å². The molecule has 1 fully saturated rings. The van der Waals surface area contributed by atoms with E-state index in [1.165, 1.54) is 0 Å². The minimum atomic E-state index is 0.209. The third-order valence-corrected chi connectivity index (χ3v) is 4.10. The van der Waals surface area contributed by atoms with Crippen LogP contribution < -0.4 is 15.4 Å². The van der Waals surface area contributed by atoms with Crippen LogP contribution in [0, 0.1) is 0 Å². The number of nitrogens with one attached hydrogen (secondary N) is 1. The molecule has 1 atom stereocenters. The molecule has 3 N–H and O–H groups in total. The largest absolute Gasteiger partial charge is 0.497 e. The molecule has 0 aliphatic carbocycles. The Morgan fingerprint density at radius 2 is 2.35 bits per heavy atom. The van der Waals surface area contributed by atoms with Gasteiger partial charge < -0.3 is 15.4 Å². The number of ether oxygens (including phenoxy) is 1. The first-order valence-electron chi connectivity index (χ1n) is 6.44. The van der Waals surface area contributed by atoms with Gasteiger partial charge in [-0.15, -0.1) is 5.10 Å². The average Bonchev–Trinajstić information content (AvgIpc) is 3.08. The molecule has 106 valence electrons. The summed E-state index contributed by atoms with van der Waals surface area (Å²) < 4.78 is 6.19. The number of hydrogen-bond acceptors (Lipinski definition) is 5. The summed E-state index contributed by atoms with van der Waals surface area (Å²) >= 11 is 3.52. The lowest BCUT2D eigenvalue weighted by Gasteiger charge is -2.11. The fourth-order valence-electron chi connectivity index (χ4n) is 2.30. The van der Waals surface area contributed by atoms with Gasteiger partial charge in [0.25, 0.3) is 0 Å². The summed E-state index contributed by atoms with van der Waals surface area (Å²) in [5, 5.41) is 7.26. The molecule has 2 heterocycles. The summed E-state index contributed by atoms with van der Waals surface area (Å²) in [4.78, 5) is 6.65. The highest BCUT2D eigenvalue weighted by Gasteiger charge is 2.23. The van der Waals surface area contributed by atoms with Crippen molar-refractivity contribution in [1.29, 1.82) is 0 Å². The molecule has 20 heavy (non-hydrogen) atoms. The molecule has 3 rings (SSSR count). The maximum atomic E-state index is 5.91. The van der Waals surface area contributed by atoms with Gasteiger partial charge >= 0.3 is 0 Å². The number of hydrogen-bond donors (Lipinski definition) is 2. The molecular formula is C13H16BrN5O. The van der Waals surface area contributed by atoms with Crippen LogP contribution in [0.4, 0.5) is 5.95 Å². The van der Waals surface area contributed by atoms with Crippen molar-refractivity contribution in [3.05, 3.63) is 22.7 Å². The highest BCUT2D eigenvalue weighted by Crippen LogP contribution is 2.30. The molecule has 7 heteroatoms. The summed E-state index contributed by atoms with van der Waals surface area (Å²) in [5.41, 5.74) is 6.83. The SMILES string of the molecule is COc1ccc(Br)c(-c2nc(N3CCC(N)C3)n[nH]2)c1. The van der Waals surface area contributed by atoms with E-state index in [-0.39, 0.29) is 6.04 Å². The van der Waals surface area contributed by atoms with Crippen molar-refractivity contribution in [1.82, 2.24) is 15.2 Å². The lowest BCUT2D eigenvalue weighted by molar-refractivity contribution is 0.415. The predicted molar refractivity (Wildman–Crippen MR) is 80.9 cm³/mol. The van der Waals surface area contributed by atoms with Crippen LogP contribution in [0.3, 0.4) is 0 Å². The van der Waals surface area contributed by atoms with E-state index in [4.69, 9.17) is 10.5 Å². The van der Waals surface area contributed by atoms with E-state index in [9.17, 15) is 0 Å². The number of H-pyrrole nitrogens is 1. The Morgan fingerprint density at radius 1 is 1.50 bits per heavy atom. The third kappa shape index (κ3) is 2.51. The number of aromatic nitrogens is 3. The second kappa shape index (κ2) is 5.41. The van der Waals surface area contributed by atoms with Crippen molar-refractivity contribution in [3.63, 3.8) is 0 Å². The fourth-order valence-corrected chi connectivity index (χ4v) is 2.73. The third-order valence-electron chi connectivity index (χ3n) is 3.41. The van der Waals surface area contributed by atoms with Gasteiger partial charge in [-0.25, -0.2) is 0 Å². The van der Waals surface area contributed by atoms with E-state index < -0.39 is 0 Å². The van der Waals surface area contributed by atoms with E-state index in [0.717, 1.165) is 35.3 Å². The first-order chi connectivity index (χ1) is 9.67. The van der Waals surface area contributed by atoms with E-state index in [1.807, 2.05) is 18.2 Å². The Labute approximate surface area is 125 Å². The Hall–Kier alpha value is -1.60. The summed E-state index contributed by atoms with van der Waals surface area (Å²) in [6, 6.07) is 5.96. The standard InChI is InChI=1S/C13H16BrN5O/c1-20-9-2-3-11(14)10(6-9)12-16-13(18-17-12)19-5-4-8(15)7-19/h2-3,6,8H,4-5,7,15H2,1H3,(H,16,17,18). The van der Waals surface area contributed by atoms with Gasteiger partial charge in [0.1, 0.15) is 5.75 Å². The van der Waals surface area contributed by atoms with Crippen molar-refractivity contribution in [3.8, 4) is 17.1 Å². The van der Waals surface area contributed by atoms with Crippen LogP contribution in [0.15, 0.2) is 22.7 Å². The van der Waals surface area contributed by atoms with Crippen LogP contribution >= 0.6 is 15.9 Å². The van der Waals surface area contributed by atoms with Crippen LogP contribution in [0.5, 0.6) is 5.75 Å². The number of nitrogens with two attached hydrogens (primary N) is 1. The topological polar surface area (TPSA) is 80.1 Å². The van der Waals surface area contributed by atoms with Crippen LogP contribution in [0.1, 0.15) is 6.42 Å². The zero-order valence-electron chi connectivity index (χ0n) is 11.1. The van der Waals surface area contributed by atoms with Crippen LogP contribution in [0.25, 0.3) is 11.4 Å². The highest BCUT2D eigenvalue weighted by molar-refractivity contribution is 9.10. The smallest absolute Gasteiger partial charge is 0.245 e. The summed E-state index contributed by atoms with van der Waals surface area (Å²) in [7, 11) is 1.64. The van der Waals surface area contributed by atoms with Crippen molar-refractivity contribution >= 4 is 21.9 Å². The van der Waals surface area contributed by atoms with Crippen molar-refractivity contribution in [2.45, 2.75) is 12.5 Å². The molecule has 1 aromatic heterocycles. The molecule has 1 aliphatic rings. The van der Waals surface area contributed by atoms with Gasteiger partial charge in [-0.1, -0.05) is 15.9 Å². The monoisotopic (exact) mass is 337 g/mol. The average molecular weight is 338 g/mol. The molecule has 2 aromatic rings. The van der Waals surface area contributed by atoms with E-state index >= 15 is 0 Å². The maximum absolute atomic E-state index is 5.91. The Morgan fingerprint density at radius 3 is 3.05 bits per heavy atom. The number of aromatic amines is 1. The van der Waals surface area contributed by atoms with E-state index in [2.05, 4.69) is 36.0 Å². The maximum Gasteiger partial charge on any atom is 0.245 e. The first kappa shape index (κ1) is 13.4. The van der Waals surface area contributed by atoms with Gasteiger partial charge in [0.05, 0.1) is 7.11 Å². The van der Waals surface area contributed by atoms with Gasteiger partial charge in [0, 0.05) is 29.2 Å². The predicted octanol–water partition coefficient (Wildman–Crippen LogP) is 1.78. The molecule has 0 spiro atoms. The highest BCUT2D eigenvalue weighted by atomic mass is 79.9. The Balaban J connectivity index is 1.90. The molecule has 1 unspecified atom stereocenters. The first-order valence-corrected chi connectivity index (χ1v) is 7.23. The lowest BCUT2D eigenvalue weighted by Crippen LogP contribution is -2.26. The molecule has 1 aliphatic heterocycles. The molecular weight excluding hydrogens is 322 g/mol. The molecule has 0 amide bonds. The molecule has 1 saturated heterocycles. The number of nitrogens with zero attached hydrogens (tertiary/aromatic N) is 3. The number of benzene rings is 1. The normalized spacial score (nSPS) is 18.6. The van der Waals surface area contributed by atoms with Gasteiger partial charge in [0.2, 0.25) is 5.95 Å².